The lowest BCUT2D eigenvalue weighted by Gasteiger charge is -2.23. The third-order valence-electron chi connectivity index (χ3n) is 3.45. The van der Waals surface area contributed by atoms with Crippen molar-refractivity contribution in [1.29, 1.82) is 0 Å². The SMILES string of the molecule is [C]1=NN(c2ccccc2)C2C1=Cc1ccccc12. The largest absolute Gasteiger partial charge is 0.253 e. The molecular weight excluding hydrogens is 220 g/mol. The maximum absolute atomic E-state index is 4.40. The predicted molar refractivity (Wildman–Crippen MR) is 73.5 cm³/mol. The Morgan fingerprint density at radius 1 is 0.944 bits per heavy atom. The van der Waals surface area contributed by atoms with Crippen LogP contribution < -0.4 is 5.01 Å². The van der Waals surface area contributed by atoms with Gasteiger partial charge in [-0.1, -0.05) is 42.5 Å². The van der Waals surface area contributed by atoms with Crippen molar-refractivity contribution in [3.8, 4) is 0 Å². The van der Waals surface area contributed by atoms with Gasteiger partial charge in [0.1, 0.15) is 12.3 Å². The molecule has 0 amide bonds. The fourth-order valence-electron chi connectivity index (χ4n) is 2.62. The summed E-state index contributed by atoms with van der Waals surface area (Å²) in [6, 6.07) is 18.9. The summed E-state index contributed by atoms with van der Waals surface area (Å²) in [4.78, 5) is 0. The molecule has 0 N–H and O–H groups in total. The molecule has 2 aliphatic rings. The fourth-order valence-corrected chi connectivity index (χ4v) is 2.62. The van der Waals surface area contributed by atoms with E-state index >= 15 is 0 Å². The minimum Gasteiger partial charge on any atom is -0.253 e. The first-order valence-electron chi connectivity index (χ1n) is 6.05. The van der Waals surface area contributed by atoms with Crippen molar-refractivity contribution in [3.63, 3.8) is 0 Å². The summed E-state index contributed by atoms with van der Waals surface area (Å²) >= 11 is 0. The molecule has 1 radical (unpaired) electrons. The number of hydrogen-bond donors (Lipinski definition) is 0. The number of anilines is 1. The Balaban J connectivity index is 1.83. The van der Waals surface area contributed by atoms with Crippen LogP contribution in [0.25, 0.3) is 6.08 Å². The van der Waals surface area contributed by atoms with Crippen LogP contribution in [-0.2, 0) is 0 Å². The van der Waals surface area contributed by atoms with Crippen LogP contribution in [0.1, 0.15) is 17.2 Å². The number of fused-ring (bicyclic) bond motifs is 3. The van der Waals surface area contributed by atoms with Crippen LogP contribution in [0.2, 0.25) is 0 Å². The number of benzene rings is 2. The second-order valence-electron chi connectivity index (χ2n) is 4.52. The second-order valence-corrected chi connectivity index (χ2v) is 4.52. The van der Waals surface area contributed by atoms with Gasteiger partial charge in [-0.3, -0.25) is 5.01 Å². The minimum atomic E-state index is 0.198. The van der Waals surface area contributed by atoms with Crippen LogP contribution in [0.4, 0.5) is 5.69 Å². The standard InChI is InChI=1S/C16H11N2/c1-2-7-14(8-3-1)18-16-13(11-17-18)10-12-6-4-5-9-15(12)16/h1-10,16H. The van der Waals surface area contributed by atoms with Crippen molar-refractivity contribution in [1.82, 2.24) is 0 Å². The first kappa shape index (κ1) is 9.66. The highest BCUT2D eigenvalue weighted by molar-refractivity contribution is 5.95. The third kappa shape index (κ3) is 1.26. The zero-order valence-electron chi connectivity index (χ0n) is 9.75. The molecule has 0 saturated carbocycles. The van der Waals surface area contributed by atoms with Gasteiger partial charge in [0.05, 0.1) is 5.69 Å². The zero-order chi connectivity index (χ0) is 11.9. The van der Waals surface area contributed by atoms with Crippen molar-refractivity contribution in [2.75, 3.05) is 5.01 Å². The number of para-hydroxylation sites is 1. The van der Waals surface area contributed by atoms with E-state index in [-0.39, 0.29) is 6.04 Å². The van der Waals surface area contributed by atoms with E-state index in [1.54, 1.807) is 0 Å². The molecule has 1 heterocycles. The molecule has 1 atom stereocenters. The predicted octanol–water partition coefficient (Wildman–Crippen LogP) is 3.51. The summed E-state index contributed by atoms with van der Waals surface area (Å²) in [7, 11) is 0. The van der Waals surface area contributed by atoms with Crippen LogP contribution in [0.3, 0.4) is 0 Å². The van der Waals surface area contributed by atoms with Gasteiger partial charge < -0.3 is 0 Å². The van der Waals surface area contributed by atoms with Crippen molar-refractivity contribution >= 4 is 18.0 Å². The van der Waals surface area contributed by atoms with Crippen LogP contribution in [0, 0.1) is 0 Å². The molecule has 4 rings (SSSR count). The van der Waals surface area contributed by atoms with Crippen molar-refractivity contribution in [3.05, 3.63) is 71.3 Å². The molecule has 2 nitrogen and oxygen atoms in total. The van der Waals surface area contributed by atoms with Crippen molar-refractivity contribution in [2.24, 2.45) is 5.10 Å². The average molecular weight is 231 g/mol. The van der Waals surface area contributed by atoms with E-state index in [4.69, 9.17) is 0 Å². The molecule has 2 heteroatoms. The van der Waals surface area contributed by atoms with E-state index in [0.717, 1.165) is 11.3 Å². The highest BCUT2D eigenvalue weighted by Gasteiger charge is 2.34. The Morgan fingerprint density at radius 3 is 2.61 bits per heavy atom. The van der Waals surface area contributed by atoms with Gasteiger partial charge in [-0.15, -0.1) is 0 Å². The molecule has 0 fully saturated rings. The summed E-state index contributed by atoms with van der Waals surface area (Å²) in [5.74, 6) is 0. The first-order chi connectivity index (χ1) is 8.93. The molecule has 1 unspecified atom stereocenters. The van der Waals surface area contributed by atoms with Gasteiger partial charge in [0.15, 0.2) is 0 Å². The molecule has 0 bridgehead atoms. The van der Waals surface area contributed by atoms with Gasteiger partial charge in [-0.25, -0.2) is 0 Å². The Morgan fingerprint density at radius 2 is 1.72 bits per heavy atom. The average Bonchev–Trinajstić information content (AvgIpc) is 2.98. The van der Waals surface area contributed by atoms with Gasteiger partial charge in [0.2, 0.25) is 0 Å². The maximum atomic E-state index is 4.40. The summed E-state index contributed by atoms with van der Waals surface area (Å²) in [6.07, 6.45) is 5.30. The molecular formula is C16H11N2. The molecule has 18 heavy (non-hydrogen) atoms. The second kappa shape index (κ2) is 3.57. The molecule has 2 aromatic rings. The van der Waals surface area contributed by atoms with Crippen LogP contribution in [-0.4, -0.2) is 6.21 Å². The minimum absolute atomic E-state index is 0.198. The lowest BCUT2D eigenvalue weighted by molar-refractivity contribution is 0.790. The van der Waals surface area contributed by atoms with Gasteiger partial charge in [-0.05, 0) is 29.3 Å². The molecule has 2 aromatic carbocycles. The maximum Gasteiger partial charge on any atom is 0.117 e. The first-order valence-corrected chi connectivity index (χ1v) is 6.05. The summed E-state index contributed by atoms with van der Waals surface area (Å²) in [6.45, 7) is 0. The van der Waals surface area contributed by atoms with Crippen molar-refractivity contribution in [2.45, 2.75) is 6.04 Å². The zero-order valence-corrected chi connectivity index (χ0v) is 9.75. The Bertz CT molecular complexity index is 656. The lowest BCUT2D eigenvalue weighted by atomic mass is 10.0. The quantitative estimate of drug-likeness (QED) is 0.733. The smallest absolute Gasteiger partial charge is 0.117 e. The highest BCUT2D eigenvalue weighted by Crippen LogP contribution is 2.43. The molecule has 85 valence electrons. The van der Waals surface area contributed by atoms with Crippen molar-refractivity contribution < 1.29 is 0 Å². The van der Waals surface area contributed by atoms with E-state index in [0.29, 0.717) is 0 Å². The molecule has 0 aromatic heterocycles. The van der Waals surface area contributed by atoms with Crippen LogP contribution in [0.5, 0.6) is 0 Å². The summed E-state index contributed by atoms with van der Waals surface area (Å²) < 4.78 is 0. The van der Waals surface area contributed by atoms with E-state index in [1.165, 1.54) is 11.1 Å². The Kier molecular flexibility index (Phi) is 1.92. The fraction of sp³-hybridized carbons (Fsp3) is 0.0625. The van der Waals surface area contributed by atoms with Gasteiger partial charge >= 0.3 is 0 Å². The number of nitrogens with zero attached hydrogens (tertiary/aromatic N) is 2. The Labute approximate surface area is 106 Å². The monoisotopic (exact) mass is 231 g/mol. The lowest BCUT2D eigenvalue weighted by Crippen LogP contribution is -2.18. The molecule has 1 aliphatic heterocycles. The van der Waals surface area contributed by atoms with E-state index < -0.39 is 0 Å². The molecule has 0 spiro atoms. The number of hydrogen-bond acceptors (Lipinski definition) is 2. The van der Waals surface area contributed by atoms with Gasteiger partial charge in [0, 0.05) is 5.57 Å². The third-order valence-corrected chi connectivity index (χ3v) is 3.45. The highest BCUT2D eigenvalue weighted by atomic mass is 15.5. The molecule has 0 saturated heterocycles. The number of rotatable bonds is 1. The summed E-state index contributed by atoms with van der Waals surface area (Å²) in [5.41, 5.74) is 4.85. The van der Waals surface area contributed by atoms with E-state index in [2.05, 4.69) is 53.8 Å². The topological polar surface area (TPSA) is 15.6 Å². The normalized spacial score (nSPS) is 19.7. The van der Waals surface area contributed by atoms with E-state index in [1.807, 2.05) is 23.2 Å². The molecule has 1 aliphatic carbocycles. The van der Waals surface area contributed by atoms with Gasteiger partial charge in [-0.2, -0.15) is 5.10 Å². The summed E-state index contributed by atoms with van der Waals surface area (Å²) in [5, 5.41) is 6.44. The number of hydrazone groups is 1. The van der Waals surface area contributed by atoms with Gasteiger partial charge in [0.25, 0.3) is 0 Å². The van der Waals surface area contributed by atoms with Crippen LogP contribution in [0.15, 0.2) is 65.3 Å². The van der Waals surface area contributed by atoms with Crippen LogP contribution >= 0.6 is 0 Å². The Hall–Kier alpha value is -2.35. The van der Waals surface area contributed by atoms with E-state index in [9.17, 15) is 0 Å².